The summed E-state index contributed by atoms with van der Waals surface area (Å²) >= 11 is 0. The van der Waals surface area contributed by atoms with Gasteiger partial charge in [0.1, 0.15) is 0 Å². The SMILES string of the molecule is Cc1ccoc1C(=O)N1Cc2ncn(C)c2C[C@H]1CNS(C)(=O)=O. The van der Waals surface area contributed by atoms with Crippen molar-refractivity contribution in [3.8, 4) is 0 Å². The summed E-state index contributed by atoms with van der Waals surface area (Å²) in [7, 11) is -1.45. The first-order valence-electron chi connectivity index (χ1n) is 7.55. The number of carbonyl (C=O) groups excluding carboxylic acids is 1. The van der Waals surface area contributed by atoms with Crippen LogP contribution in [0.5, 0.6) is 0 Å². The fourth-order valence-corrected chi connectivity index (χ4v) is 3.41. The average Bonchev–Trinajstić information content (AvgIpc) is 3.09. The van der Waals surface area contributed by atoms with Crippen molar-refractivity contribution in [1.29, 1.82) is 0 Å². The van der Waals surface area contributed by atoms with Gasteiger partial charge in [0.25, 0.3) is 5.91 Å². The molecule has 130 valence electrons. The summed E-state index contributed by atoms with van der Waals surface area (Å²) < 4.78 is 32.6. The average molecular weight is 352 g/mol. The Balaban J connectivity index is 1.91. The molecule has 1 N–H and O–H groups in total. The van der Waals surface area contributed by atoms with E-state index in [0.29, 0.717) is 13.0 Å². The van der Waals surface area contributed by atoms with Crippen molar-refractivity contribution < 1.29 is 17.6 Å². The normalized spacial score (nSPS) is 17.8. The van der Waals surface area contributed by atoms with Gasteiger partial charge in [0, 0.05) is 31.3 Å². The van der Waals surface area contributed by atoms with Gasteiger partial charge in [-0.1, -0.05) is 0 Å². The molecule has 0 aliphatic carbocycles. The molecule has 9 heteroatoms. The van der Waals surface area contributed by atoms with Gasteiger partial charge in [-0.2, -0.15) is 0 Å². The zero-order valence-electron chi connectivity index (χ0n) is 13.8. The highest BCUT2D eigenvalue weighted by molar-refractivity contribution is 7.88. The van der Waals surface area contributed by atoms with E-state index in [4.69, 9.17) is 4.42 Å². The van der Waals surface area contributed by atoms with Gasteiger partial charge in [-0.25, -0.2) is 18.1 Å². The van der Waals surface area contributed by atoms with E-state index in [1.54, 1.807) is 24.2 Å². The number of rotatable bonds is 4. The minimum atomic E-state index is -3.34. The Morgan fingerprint density at radius 1 is 1.50 bits per heavy atom. The monoisotopic (exact) mass is 352 g/mol. The second kappa shape index (κ2) is 6.06. The first-order chi connectivity index (χ1) is 11.3. The highest BCUT2D eigenvalue weighted by Gasteiger charge is 2.34. The zero-order chi connectivity index (χ0) is 17.5. The van der Waals surface area contributed by atoms with Crippen molar-refractivity contribution in [3.05, 3.63) is 41.4 Å². The standard InChI is InChI=1S/C15H20N4O4S/c1-10-4-5-23-14(10)15(20)19-8-12-13(18(2)9-16-12)6-11(19)7-17-24(3,21)22/h4-5,9,11,17H,6-8H2,1-3H3/t11-/m0/s1. The van der Waals surface area contributed by atoms with E-state index in [0.717, 1.165) is 23.2 Å². The Labute approximate surface area is 140 Å². The Hall–Kier alpha value is -2.13. The molecular formula is C15H20N4O4S. The highest BCUT2D eigenvalue weighted by atomic mass is 32.2. The minimum absolute atomic E-state index is 0.148. The Bertz CT molecular complexity index is 868. The lowest BCUT2D eigenvalue weighted by Crippen LogP contribution is -2.50. The lowest BCUT2D eigenvalue weighted by atomic mass is 10.0. The lowest BCUT2D eigenvalue weighted by molar-refractivity contribution is 0.0604. The summed E-state index contributed by atoms with van der Waals surface area (Å²) in [5.74, 6) is 0.0211. The predicted octanol–water partition coefficient (Wildman–Crippen LogP) is 0.438. The lowest BCUT2D eigenvalue weighted by Gasteiger charge is -2.35. The maximum absolute atomic E-state index is 12.9. The maximum atomic E-state index is 12.9. The number of hydrogen-bond donors (Lipinski definition) is 1. The Kier molecular flexibility index (Phi) is 4.22. The van der Waals surface area contributed by atoms with Gasteiger partial charge < -0.3 is 13.9 Å². The molecule has 3 heterocycles. The molecule has 2 aromatic heterocycles. The summed E-state index contributed by atoms with van der Waals surface area (Å²) in [5, 5.41) is 0. The van der Waals surface area contributed by atoms with E-state index in [9.17, 15) is 13.2 Å². The summed E-state index contributed by atoms with van der Waals surface area (Å²) in [6, 6.07) is 1.42. The molecule has 0 spiro atoms. The second-order valence-corrected chi connectivity index (χ2v) is 7.93. The Morgan fingerprint density at radius 2 is 2.25 bits per heavy atom. The van der Waals surface area contributed by atoms with Gasteiger partial charge in [-0.05, 0) is 13.0 Å². The number of imidazole rings is 1. The first-order valence-corrected chi connectivity index (χ1v) is 9.44. The van der Waals surface area contributed by atoms with Crippen LogP contribution in [0.2, 0.25) is 0 Å². The van der Waals surface area contributed by atoms with Gasteiger partial charge in [-0.15, -0.1) is 0 Å². The molecule has 1 aliphatic heterocycles. The van der Waals surface area contributed by atoms with Crippen LogP contribution in [0.25, 0.3) is 0 Å². The number of amides is 1. The number of fused-ring (bicyclic) bond motifs is 1. The second-order valence-electron chi connectivity index (χ2n) is 6.09. The third-order valence-electron chi connectivity index (χ3n) is 4.23. The van der Waals surface area contributed by atoms with E-state index >= 15 is 0 Å². The van der Waals surface area contributed by atoms with E-state index < -0.39 is 10.0 Å². The number of aryl methyl sites for hydroxylation is 2. The topological polar surface area (TPSA) is 97.4 Å². The number of nitrogens with zero attached hydrogens (tertiary/aromatic N) is 3. The number of furan rings is 1. The fraction of sp³-hybridized carbons (Fsp3) is 0.467. The van der Waals surface area contributed by atoms with Crippen LogP contribution >= 0.6 is 0 Å². The first kappa shape index (κ1) is 16.7. The van der Waals surface area contributed by atoms with Crippen LogP contribution in [0.4, 0.5) is 0 Å². The van der Waals surface area contributed by atoms with Crippen LogP contribution in [0, 0.1) is 6.92 Å². The molecule has 3 rings (SSSR count). The molecule has 0 bridgehead atoms. The minimum Gasteiger partial charge on any atom is -0.459 e. The van der Waals surface area contributed by atoms with E-state index in [2.05, 4.69) is 9.71 Å². The number of aromatic nitrogens is 2. The third-order valence-corrected chi connectivity index (χ3v) is 4.92. The van der Waals surface area contributed by atoms with Crippen molar-refractivity contribution in [3.63, 3.8) is 0 Å². The van der Waals surface area contributed by atoms with Crippen LogP contribution < -0.4 is 4.72 Å². The van der Waals surface area contributed by atoms with Crippen molar-refractivity contribution >= 4 is 15.9 Å². The summed E-state index contributed by atoms with van der Waals surface area (Å²) in [6.45, 7) is 2.27. The molecule has 0 radical (unpaired) electrons. The van der Waals surface area contributed by atoms with E-state index in [1.807, 2.05) is 11.6 Å². The molecule has 0 aromatic carbocycles. The smallest absolute Gasteiger partial charge is 0.290 e. The van der Waals surface area contributed by atoms with E-state index in [-0.39, 0.29) is 24.3 Å². The molecule has 1 amide bonds. The fourth-order valence-electron chi connectivity index (χ4n) is 2.91. The molecule has 0 unspecified atom stereocenters. The summed E-state index contributed by atoms with van der Waals surface area (Å²) in [4.78, 5) is 18.8. The van der Waals surface area contributed by atoms with Crippen LogP contribution in [0.3, 0.4) is 0 Å². The number of carbonyl (C=O) groups is 1. The third kappa shape index (κ3) is 3.22. The van der Waals surface area contributed by atoms with Crippen molar-refractivity contribution in [2.24, 2.45) is 7.05 Å². The largest absolute Gasteiger partial charge is 0.459 e. The van der Waals surface area contributed by atoms with Crippen LogP contribution in [-0.4, -0.2) is 47.6 Å². The van der Waals surface area contributed by atoms with Crippen molar-refractivity contribution in [2.75, 3.05) is 12.8 Å². The molecule has 24 heavy (non-hydrogen) atoms. The Morgan fingerprint density at radius 3 is 2.88 bits per heavy atom. The molecule has 2 aromatic rings. The molecule has 1 aliphatic rings. The van der Waals surface area contributed by atoms with Crippen molar-refractivity contribution in [1.82, 2.24) is 19.2 Å². The molecule has 0 saturated carbocycles. The predicted molar refractivity (Wildman–Crippen MR) is 86.9 cm³/mol. The number of hydrogen-bond acceptors (Lipinski definition) is 5. The van der Waals surface area contributed by atoms with Crippen molar-refractivity contribution in [2.45, 2.75) is 25.9 Å². The quantitative estimate of drug-likeness (QED) is 0.861. The van der Waals surface area contributed by atoms with Gasteiger partial charge >= 0.3 is 0 Å². The summed E-state index contributed by atoms with van der Waals surface area (Å²) in [5.41, 5.74) is 2.59. The maximum Gasteiger partial charge on any atom is 0.290 e. The number of nitrogens with one attached hydrogen (secondary N) is 1. The zero-order valence-corrected chi connectivity index (χ0v) is 14.6. The molecule has 0 saturated heterocycles. The van der Waals surface area contributed by atoms with Crippen LogP contribution in [0.15, 0.2) is 23.1 Å². The summed E-state index contributed by atoms with van der Waals surface area (Å²) in [6.07, 6.45) is 4.81. The highest BCUT2D eigenvalue weighted by Crippen LogP contribution is 2.25. The van der Waals surface area contributed by atoms with Gasteiger partial charge in [0.15, 0.2) is 5.76 Å². The van der Waals surface area contributed by atoms with Crippen LogP contribution in [-0.2, 0) is 30.0 Å². The van der Waals surface area contributed by atoms with Crippen LogP contribution in [0.1, 0.15) is 27.5 Å². The van der Waals surface area contributed by atoms with Gasteiger partial charge in [0.05, 0.1) is 37.1 Å². The molecule has 0 fully saturated rings. The molecule has 1 atom stereocenters. The molecule has 8 nitrogen and oxygen atoms in total. The van der Waals surface area contributed by atoms with Gasteiger partial charge in [0.2, 0.25) is 10.0 Å². The van der Waals surface area contributed by atoms with Gasteiger partial charge in [-0.3, -0.25) is 4.79 Å². The number of sulfonamides is 1. The van der Waals surface area contributed by atoms with E-state index in [1.165, 1.54) is 6.26 Å². The molecular weight excluding hydrogens is 332 g/mol.